The molecule has 0 bridgehead atoms. The zero-order valence-electron chi connectivity index (χ0n) is 25.9. The van der Waals surface area contributed by atoms with E-state index in [1.165, 1.54) is 23.3 Å². The third-order valence-electron chi connectivity index (χ3n) is 8.38. The number of aromatic nitrogens is 1. The number of anilines is 1. The number of aryl methyl sites for hydroxylation is 2. The van der Waals surface area contributed by atoms with Gasteiger partial charge in [0.25, 0.3) is 5.78 Å². The van der Waals surface area contributed by atoms with Gasteiger partial charge in [0.05, 0.1) is 28.9 Å². The van der Waals surface area contributed by atoms with Crippen molar-refractivity contribution in [2.45, 2.75) is 45.9 Å². The number of aliphatic hydroxyl groups excluding tert-OH is 1. The van der Waals surface area contributed by atoms with Gasteiger partial charge in [-0.15, -0.1) is 0 Å². The molecule has 0 aliphatic carbocycles. The SMILES string of the molecule is COc1cc([C@H]2C(=C(O)c3cc(C)c4c(c3)C[C@H](C)O4)C(=O)C(=O)N2c2nc3ccc(C)cc3s2)ccc1OCc1ccccc1. The van der Waals surface area contributed by atoms with Crippen molar-refractivity contribution in [3.63, 3.8) is 0 Å². The minimum Gasteiger partial charge on any atom is -0.507 e. The number of benzene rings is 4. The van der Waals surface area contributed by atoms with Crippen LogP contribution >= 0.6 is 11.3 Å². The maximum Gasteiger partial charge on any atom is 0.301 e. The first-order valence-electron chi connectivity index (χ1n) is 15.0. The molecule has 1 N–H and O–H groups in total. The largest absolute Gasteiger partial charge is 0.507 e. The number of thiazole rings is 1. The zero-order chi connectivity index (χ0) is 32.1. The third-order valence-corrected chi connectivity index (χ3v) is 9.39. The van der Waals surface area contributed by atoms with E-state index in [0.717, 1.165) is 38.2 Å². The molecule has 2 aliphatic rings. The molecule has 0 radical (unpaired) electrons. The van der Waals surface area contributed by atoms with E-state index in [1.54, 1.807) is 24.3 Å². The van der Waals surface area contributed by atoms with Crippen LogP contribution < -0.4 is 19.1 Å². The summed E-state index contributed by atoms with van der Waals surface area (Å²) in [5.41, 5.74) is 5.56. The van der Waals surface area contributed by atoms with E-state index < -0.39 is 17.7 Å². The number of hydrogen-bond acceptors (Lipinski definition) is 8. The van der Waals surface area contributed by atoms with Crippen LogP contribution in [0.5, 0.6) is 17.2 Å². The standard InChI is InChI=1S/C37H32N2O6S/c1-20-10-12-27-30(14-20)46-37(38-27)39-32(24-11-13-28(29(18-24)43-4)44-19-23-8-6-5-7-9-23)31(34(41)36(39)42)33(40)25-15-21(2)35-26(17-25)16-22(3)45-35/h5-15,17-18,22,32,40H,16,19H2,1-4H3/t22-,32-/m0/s1. The van der Waals surface area contributed by atoms with Gasteiger partial charge in [0.1, 0.15) is 24.2 Å². The van der Waals surface area contributed by atoms with Gasteiger partial charge in [0.2, 0.25) is 0 Å². The minimum absolute atomic E-state index is 0.00874. The average molecular weight is 633 g/mol. The van der Waals surface area contributed by atoms with Crippen LogP contribution in [0.2, 0.25) is 0 Å². The summed E-state index contributed by atoms with van der Waals surface area (Å²) in [6.45, 7) is 6.22. The number of Topliss-reactive ketones (excluding diaryl/α,β-unsaturated/α-hetero) is 1. The normalized spacial score (nSPS) is 18.6. The van der Waals surface area contributed by atoms with Crippen LogP contribution in [0.25, 0.3) is 16.0 Å². The number of ketones is 1. The number of carbonyl (C=O) groups is 2. The Hall–Kier alpha value is -5.15. The molecular formula is C37H32N2O6S. The summed E-state index contributed by atoms with van der Waals surface area (Å²) in [5, 5.41) is 12.2. The average Bonchev–Trinajstić information content (AvgIpc) is 3.72. The molecule has 8 nitrogen and oxygen atoms in total. The number of fused-ring (bicyclic) bond motifs is 2. The van der Waals surface area contributed by atoms with Crippen LogP contribution in [0.15, 0.2) is 84.4 Å². The van der Waals surface area contributed by atoms with Crippen molar-refractivity contribution in [1.29, 1.82) is 0 Å². The van der Waals surface area contributed by atoms with Crippen molar-refractivity contribution < 1.29 is 28.9 Å². The quantitative estimate of drug-likeness (QED) is 0.113. The van der Waals surface area contributed by atoms with Gasteiger partial charge in [-0.05, 0) is 85.0 Å². The lowest BCUT2D eigenvalue weighted by Gasteiger charge is -2.24. The lowest BCUT2D eigenvalue weighted by Crippen LogP contribution is -2.29. The van der Waals surface area contributed by atoms with Gasteiger partial charge in [-0.25, -0.2) is 4.98 Å². The number of methoxy groups -OCH3 is 1. The van der Waals surface area contributed by atoms with E-state index in [4.69, 9.17) is 19.2 Å². The number of carbonyl (C=O) groups excluding carboxylic acids is 2. The van der Waals surface area contributed by atoms with Crippen LogP contribution in [0.4, 0.5) is 5.13 Å². The van der Waals surface area contributed by atoms with Gasteiger partial charge in [-0.3, -0.25) is 14.5 Å². The van der Waals surface area contributed by atoms with Gasteiger partial charge >= 0.3 is 5.91 Å². The first-order chi connectivity index (χ1) is 22.2. The monoisotopic (exact) mass is 632 g/mol. The van der Waals surface area contributed by atoms with Crippen molar-refractivity contribution in [2.24, 2.45) is 0 Å². The molecule has 1 saturated heterocycles. The highest BCUT2D eigenvalue weighted by molar-refractivity contribution is 7.22. The summed E-state index contributed by atoms with van der Waals surface area (Å²) >= 11 is 1.33. The van der Waals surface area contributed by atoms with Crippen molar-refractivity contribution in [3.8, 4) is 17.2 Å². The fourth-order valence-electron chi connectivity index (χ4n) is 6.19. The van der Waals surface area contributed by atoms with Gasteiger partial charge < -0.3 is 19.3 Å². The van der Waals surface area contributed by atoms with Gasteiger partial charge in [0, 0.05) is 12.0 Å². The van der Waals surface area contributed by atoms with E-state index in [9.17, 15) is 14.7 Å². The second-order valence-electron chi connectivity index (χ2n) is 11.7. The number of rotatable bonds is 7. The minimum atomic E-state index is -0.970. The molecule has 232 valence electrons. The molecule has 1 aromatic heterocycles. The van der Waals surface area contributed by atoms with Crippen molar-refractivity contribution in [2.75, 3.05) is 12.0 Å². The molecule has 5 aromatic rings. The van der Waals surface area contributed by atoms with E-state index >= 15 is 0 Å². The highest BCUT2D eigenvalue weighted by atomic mass is 32.1. The molecule has 3 heterocycles. The Kier molecular flexibility index (Phi) is 7.49. The van der Waals surface area contributed by atoms with Crippen LogP contribution in [-0.2, 0) is 22.6 Å². The summed E-state index contributed by atoms with van der Waals surface area (Å²) < 4.78 is 18.7. The maximum absolute atomic E-state index is 13.9. The summed E-state index contributed by atoms with van der Waals surface area (Å²) in [6, 6.07) is 23.6. The zero-order valence-corrected chi connectivity index (χ0v) is 26.7. The molecule has 7 rings (SSSR count). The fraction of sp³-hybridized carbons (Fsp3) is 0.216. The summed E-state index contributed by atoms with van der Waals surface area (Å²) in [7, 11) is 1.54. The Bertz CT molecular complexity index is 2050. The van der Waals surface area contributed by atoms with Gasteiger partial charge in [-0.2, -0.15) is 0 Å². The number of nitrogens with zero attached hydrogens (tertiary/aromatic N) is 2. The third kappa shape index (κ3) is 5.16. The summed E-state index contributed by atoms with van der Waals surface area (Å²) in [6.07, 6.45) is 0.691. The smallest absolute Gasteiger partial charge is 0.301 e. The molecule has 1 fully saturated rings. The number of aliphatic hydroxyl groups is 1. The predicted octanol–water partition coefficient (Wildman–Crippen LogP) is 7.45. The van der Waals surface area contributed by atoms with E-state index in [0.29, 0.717) is 40.8 Å². The first-order valence-corrected chi connectivity index (χ1v) is 15.9. The Labute approximate surface area is 270 Å². The van der Waals surface area contributed by atoms with Crippen LogP contribution in [0.1, 0.15) is 46.3 Å². The molecular weight excluding hydrogens is 600 g/mol. The van der Waals surface area contributed by atoms with Crippen molar-refractivity contribution in [3.05, 3.63) is 118 Å². The van der Waals surface area contributed by atoms with Gasteiger partial charge in [-0.1, -0.05) is 53.8 Å². The highest BCUT2D eigenvalue weighted by Gasteiger charge is 2.48. The second-order valence-corrected chi connectivity index (χ2v) is 12.7. The molecule has 46 heavy (non-hydrogen) atoms. The van der Waals surface area contributed by atoms with Crippen molar-refractivity contribution in [1.82, 2.24) is 4.98 Å². The van der Waals surface area contributed by atoms with Crippen LogP contribution in [0, 0.1) is 13.8 Å². The Morgan fingerprint density at radius 2 is 1.83 bits per heavy atom. The molecule has 0 spiro atoms. The molecule has 9 heteroatoms. The molecule has 0 unspecified atom stereocenters. The van der Waals surface area contributed by atoms with Gasteiger partial charge in [0.15, 0.2) is 16.6 Å². The van der Waals surface area contributed by atoms with E-state index in [-0.39, 0.29) is 17.4 Å². The lowest BCUT2D eigenvalue weighted by atomic mass is 9.93. The Morgan fingerprint density at radius 1 is 1.02 bits per heavy atom. The van der Waals surface area contributed by atoms with Crippen LogP contribution in [-0.4, -0.2) is 35.0 Å². The number of ether oxygens (including phenoxy) is 3. The first kappa shape index (κ1) is 29.6. The molecule has 0 saturated carbocycles. The summed E-state index contributed by atoms with van der Waals surface area (Å²) in [5.74, 6) is -0.0766. The maximum atomic E-state index is 13.9. The van der Waals surface area contributed by atoms with Crippen molar-refractivity contribution >= 4 is 44.1 Å². The molecule has 1 amide bonds. The lowest BCUT2D eigenvalue weighted by molar-refractivity contribution is -0.132. The van der Waals surface area contributed by atoms with E-state index in [2.05, 4.69) is 0 Å². The Balaban J connectivity index is 1.36. The molecule has 2 aliphatic heterocycles. The fourth-order valence-corrected chi connectivity index (χ4v) is 7.28. The summed E-state index contributed by atoms with van der Waals surface area (Å²) in [4.78, 5) is 33.9. The Morgan fingerprint density at radius 3 is 2.61 bits per heavy atom. The van der Waals surface area contributed by atoms with Crippen LogP contribution in [0.3, 0.4) is 0 Å². The number of amides is 1. The van der Waals surface area contributed by atoms with E-state index in [1.807, 2.05) is 75.4 Å². The molecule has 2 atom stereocenters. The number of hydrogen-bond donors (Lipinski definition) is 1. The topological polar surface area (TPSA) is 98.2 Å². The predicted molar refractivity (Wildman–Crippen MR) is 178 cm³/mol. The second kappa shape index (κ2) is 11.7. The highest BCUT2D eigenvalue weighted by Crippen LogP contribution is 2.46. The molecule has 4 aromatic carbocycles.